The van der Waals surface area contributed by atoms with Crippen LogP contribution >= 0.6 is 11.3 Å². The lowest BCUT2D eigenvalue weighted by Crippen LogP contribution is -2.18. The summed E-state index contributed by atoms with van der Waals surface area (Å²) in [6, 6.07) is 13.3. The van der Waals surface area contributed by atoms with Gasteiger partial charge in [-0.1, -0.05) is 6.07 Å². The van der Waals surface area contributed by atoms with Crippen molar-refractivity contribution in [3.63, 3.8) is 0 Å². The van der Waals surface area contributed by atoms with Gasteiger partial charge in [-0.15, -0.1) is 11.3 Å². The van der Waals surface area contributed by atoms with Crippen molar-refractivity contribution < 1.29 is 28.5 Å². The molecule has 0 fully saturated rings. The van der Waals surface area contributed by atoms with Gasteiger partial charge >= 0.3 is 5.97 Å². The maximum absolute atomic E-state index is 12.4. The number of amides is 1. The third-order valence-corrected chi connectivity index (χ3v) is 4.97. The van der Waals surface area contributed by atoms with Crippen LogP contribution in [-0.2, 0) is 0 Å². The highest BCUT2D eigenvalue weighted by atomic mass is 32.1. The zero-order valence-corrected chi connectivity index (χ0v) is 17.9. The molecule has 3 rings (SSSR count). The van der Waals surface area contributed by atoms with E-state index in [1.54, 1.807) is 36.4 Å². The van der Waals surface area contributed by atoms with Crippen LogP contribution in [0.3, 0.4) is 0 Å². The molecule has 1 heterocycles. The first-order valence-corrected chi connectivity index (χ1v) is 9.92. The number of hydrazone groups is 1. The number of esters is 1. The van der Waals surface area contributed by atoms with Gasteiger partial charge in [0.1, 0.15) is 10.6 Å². The molecule has 0 radical (unpaired) electrons. The van der Waals surface area contributed by atoms with Gasteiger partial charge in [-0.05, 0) is 53.4 Å². The van der Waals surface area contributed by atoms with Crippen LogP contribution in [0, 0.1) is 0 Å². The summed E-state index contributed by atoms with van der Waals surface area (Å²) in [5.41, 5.74) is 3.45. The summed E-state index contributed by atoms with van der Waals surface area (Å²) in [5, 5.41) is 5.77. The Morgan fingerprint density at radius 2 is 1.65 bits per heavy atom. The molecule has 0 saturated heterocycles. The molecule has 1 amide bonds. The Morgan fingerprint density at radius 3 is 2.19 bits per heavy atom. The maximum atomic E-state index is 12.4. The molecular formula is C22H20N2O6S. The average Bonchev–Trinajstić information content (AvgIpc) is 3.34. The van der Waals surface area contributed by atoms with Crippen LogP contribution in [0.1, 0.15) is 25.6 Å². The van der Waals surface area contributed by atoms with E-state index in [2.05, 4.69) is 10.5 Å². The monoisotopic (exact) mass is 440 g/mol. The van der Waals surface area contributed by atoms with E-state index in [4.69, 9.17) is 18.9 Å². The number of nitrogens with zero attached hydrogens (tertiary/aromatic N) is 1. The number of carbonyl (C=O) groups is 2. The Hall–Kier alpha value is -3.85. The molecule has 8 nitrogen and oxygen atoms in total. The minimum Gasteiger partial charge on any atom is -0.493 e. The van der Waals surface area contributed by atoms with Crippen molar-refractivity contribution in [1.29, 1.82) is 0 Å². The van der Waals surface area contributed by atoms with Crippen LogP contribution in [0.2, 0.25) is 0 Å². The standard InChI is InChI=1S/C22H20N2O6S/c1-27-17-11-15(12-18(28-2)20(17)29-3)21(25)24-23-13-14-6-8-16(9-7-14)30-22(26)19-5-4-10-31-19/h4-13H,1-3H3,(H,24,25)/b23-13+. The molecule has 0 aliphatic rings. The quantitative estimate of drug-likeness (QED) is 0.248. The van der Waals surface area contributed by atoms with Crippen molar-refractivity contribution in [2.24, 2.45) is 5.10 Å². The van der Waals surface area contributed by atoms with Crippen LogP contribution in [-0.4, -0.2) is 39.4 Å². The number of ether oxygens (including phenoxy) is 4. The van der Waals surface area contributed by atoms with Gasteiger partial charge in [0.25, 0.3) is 5.91 Å². The molecule has 0 aliphatic carbocycles. The average molecular weight is 440 g/mol. The molecule has 0 bridgehead atoms. The maximum Gasteiger partial charge on any atom is 0.353 e. The molecule has 31 heavy (non-hydrogen) atoms. The summed E-state index contributed by atoms with van der Waals surface area (Å²) < 4.78 is 21.0. The Labute approximate surface area is 183 Å². The van der Waals surface area contributed by atoms with E-state index in [-0.39, 0.29) is 0 Å². The Balaban J connectivity index is 1.62. The third kappa shape index (κ3) is 5.40. The lowest BCUT2D eigenvalue weighted by atomic mass is 10.1. The molecule has 0 unspecified atom stereocenters. The van der Waals surface area contributed by atoms with Gasteiger partial charge in [0.2, 0.25) is 5.75 Å². The number of rotatable bonds is 8. The molecule has 1 N–H and O–H groups in total. The largest absolute Gasteiger partial charge is 0.493 e. The Morgan fingerprint density at radius 1 is 0.968 bits per heavy atom. The predicted molar refractivity (Wildman–Crippen MR) is 117 cm³/mol. The van der Waals surface area contributed by atoms with Crippen LogP contribution in [0.15, 0.2) is 59.0 Å². The van der Waals surface area contributed by atoms with E-state index in [0.29, 0.717) is 39.0 Å². The first-order chi connectivity index (χ1) is 15.0. The van der Waals surface area contributed by atoms with E-state index in [1.807, 2.05) is 5.38 Å². The first kappa shape index (κ1) is 21.8. The SMILES string of the molecule is COc1cc(C(=O)N/N=C/c2ccc(OC(=O)c3cccs3)cc2)cc(OC)c1OC. The molecule has 1 aromatic heterocycles. The number of hydrogen-bond donors (Lipinski definition) is 1. The van der Waals surface area contributed by atoms with Crippen LogP contribution in [0.25, 0.3) is 0 Å². The molecule has 9 heteroatoms. The number of carbonyl (C=O) groups excluding carboxylic acids is 2. The second-order valence-electron chi connectivity index (χ2n) is 6.05. The smallest absolute Gasteiger partial charge is 0.353 e. The highest BCUT2D eigenvalue weighted by Gasteiger charge is 2.16. The lowest BCUT2D eigenvalue weighted by Gasteiger charge is -2.13. The van der Waals surface area contributed by atoms with Crippen molar-refractivity contribution in [3.8, 4) is 23.0 Å². The number of methoxy groups -OCH3 is 3. The molecule has 0 spiro atoms. The van der Waals surface area contributed by atoms with E-state index in [1.165, 1.54) is 51.0 Å². The minimum absolute atomic E-state index is 0.294. The fraction of sp³-hybridized carbons (Fsp3) is 0.136. The van der Waals surface area contributed by atoms with E-state index in [0.717, 1.165) is 0 Å². The van der Waals surface area contributed by atoms with Crippen molar-refractivity contribution in [3.05, 3.63) is 69.9 Å². The topological polar surface area (TPSA) is 95.5 Å². The first-order valence-electron chi connectivity index (χ1n) is 9.05. The molecular weight excluding hydrogens is 420 g/mol. The van der Waals surface area contributed by atoms with Crippen molar-refractivity contribution in [1.82, 2.24) is 5.43 Å². The van der Waals surface area contributed by atoms with E-state index >= 15 is 0 Å². The highest BCUT2D eigenvalue weighted by molar-refractivity contribution is 7.12. The normalized spacial score (nSPS) is 10.5. The summed E-state index contributed by atoms with van der Waals surface area (Å²) >= 11 is 1.31. The van der Waals surface area contributed by atoms with Gasteiger partial charge in [-0.3, -0.25) is 4.79 Å². The molecule has 0 aliphatic heterocycles. The van der Waals surface area contributed by atoms with Gasteiger partial charge < -0.3 is 18.9 Å². The van der Waals surface area contributed by atoms with Gasteiger partial charge in [0, 0.05) is 5.56 Å². The van der Waals surface area contributed by atoms with Crippen LogP contribution < -0.4 is 24.4 Å². The number of thiophene rings is 1. The lowest BCUT2D eigenvalue weighted by molar-refractivity contribution is 0.0739. The summed E-state index contributed by atoms with van der Waals surface area (Å²) in [6.07, 6.45) is 1.47. The number of hydrogen-bond acceptors (Lipinski definition) is 8. The number of benzene rings is 2. The number of nitrogens with one attached hydrogen (secondary N) is 1. The Kier molecular flexibility index (Phi) is 7.23. The summed E-state index contributed by atoms with van der Waals surface area (Å²) in [4.78, 5) is 24.9. The van der Waals surface area contributed by atoms with Gasteiger partial charge in [-0.2, -0.15) is 5.10 Å². The second-order valence-corrected chi connectivity index (χ2v) is 7.00. The third-order valence-electron chi connectivity index (χ3n) is 4.12. The zero-order chi connectivity index (χ0) is 22.2. The van der Waals surface area contributed by atoms with E-state index in [9.17, 15) is 9.59 Å². The molecule has 0 saturated carbocycles. The van der Waals surface area contributed by atoms with Crippen LogP contribution in [0.5, 0.6) is 23.0 Å². The van der Waals surface area contributed by atoms with Crippen molar-refractivity contribution >= 4 is 29.4 Å². The van der Waals surface area contributed by atoms with Gasteiger partial charge in [0.05, 0.1) is 27.5 Å². The summed E-state index contributed by atoms with van der Waals surface area (Å²) in [6.45, 7) is 0. The molecule has 0 atom stereocenters. The summed E-state index contributed by atoms with van der Waals surface area (Å²) in [5.74, 6) is 0.681. The Bertz CT molecular complexity index is 1050. The molecule has 2 aromatic carbocycles. The highest BCUT2D eigenvalue weighted by Crippen LogP contribution is 2.38. The fourth-order valence-corrected chi connectivity index (χ4v) is 3.21. The fourth-order valence-electron chi connectivity index (χ4n) is 2.62. The predicted octanol–water partition coefficient (Wildman–Crippen LogP) is 3.76. The van der Waals surface area contributed by atoms with Crippen molar-refractivity contribution in [2.45, 2.75) is 0 Å². The summed E-state index contributed by atoms with van der Waals surface area (Å²) in [7, 11) is 4.43. The zero-order valence-electron chi connectivity index (χ0n) is 17.1. The van der Waals surface area contributed by atoms with Crippen molar-refractivity contribution in [2.75, 3.05) is 21.3 Å². The van der Waals surface area contributed by atoms with E-state index < -0.39 is 11.9 Å². The molecule has 3 aromatic rings. The van der Waals surface area contributed by atoms with Crippen LogP contribution in [0.4, 0.5) is 0 Å². The minimum atomic E-state index is -0.447. The van der Waals surface area contributed by atoms with Gasteiger partial charge in [-0.25, -0.2) is 10.2 Å². The van der Waals surface area contributed by atoms with Gasteiger partial charge in [0.15, 0.2) is 11.5 Å². The second kappa shape index (κ2) is 10.3. The molecule has 160 valence electrons.